The van der Waals surface area contributed by atoms with Crippen LogP contribution in [0.15, 0.2) is 72.8 Å². The number of aromatic nitrogens is 2. The number of fused-ring (bicyclic) bond motifs is 1. The van der Waals surface area contributed by atoms with Crippen LogP contribution in [0.1, 0.15) is 17.3 Å². The first-order chi connectivity index (χ1) is 14.1. The fourth-order valence-electron chi connectivity index (χ4n) is 2.94. The Balaban J connectivity index is 1.71. The van der Waals surface area contributed by atoms with Gasteiger partial charge >= 0.3 is 5.97 Å². The fourth-order valence-corrected chi connectivity index (χ4v) is 3.07. The second-order valence-corrected chi connectivity index (χ2v) is 6.78. The molecule has 4 rings (SSSR count). The molecule has 5 nitrogen and oxygen atoms in total. The average molecular weight is 404 g/mol. The van der Waals surface area contributed by atoms with Gasteiger partial charge in [0.1, 0.15) is 5.82 Å². The lowest BCUT2D eigenvalue weighted by Crippen LogP contribution is -2.04. The maximum absolute atomic E-state index is 11.8. The van der Waals surface area contributed by atoms with E-state index in [1.165, 1.54) is 0 Å². The summed E-state index contributed by atoms with van der Waals surface area (Å²) in [5.41, 5.74) is 3.02. The highest BCUT2D eigenvalue weighted by molar-refractivity contribution is 6.30. The Morgan fingerprint density at radius 3 is 2.41 bits per heavy atom. The monoisotopic (exact) mass is 403 g/mol. The first-order valence-corrected chi connectivity index (χ1v) is 9.59. The maximum Gasteiger partial charge on any atom is 0.338 e. The Morgan fingerprint density at radius 2 is 1.69 bits per heavy atom. The number of para-hydroxylation sites is 1. The predicted octanol–water partition coefficient (Wildman–Crippen LogP) is 5.87. The minimum atomic E-state index is -0.337. The number of hydrogen-bond acceptors (Lipinski definition) is 5. The Morgan fingerprint density at radius 1 is 0.966 bits per heavy atom. The number of halogens is 1. The third kappa shape index (κ3) is 4.20. The number of benzene rings is 3. The molecule has 0 radical (unpaired) electrons. The van der Waals surface area contributed by atoms with Crippen molar-refractivity contribution in [2.24, 2.45) is 0 Å². The van der Waals surface area contributed by atoms with Crippen LogP contribution in [-0.4, -0.2) is 22.5 Å². The highest BCUT2D eigenvalue weighted by Crippen LogP contribution is 2.28. The third-order valence-electron chi connectivity index (χ3n) is 4.36. The summed E-state index contributed by atoms with van der Waals surface area (Å²) >= 11 is 6.00. The van der Waals surface area contributed by atoms with Crippen molar-refractivity contribution in [1.82, 2.24) is 9.97 Å². The van der Waals surface area contributed by atoms with E-state index >= 15 is 0 Å². The molecule has 1 N–H and O–H groups in total. The molecular weight excluding hydrogens is 386 g/mol. The average Bonchev–Trinajstić information content (AvgIpc) is 2.75. The molecule has 1 aromatic heterocycles. The lowest BCUT2D eigenvalue weighted by molar-refractivity contribution is 0.0526. The van der Waals surface area contributed by atoms with Gasteiger partial charge in [-0.25, -0.2) is 14.8 Å². The van der Waals surface area contributed by atoms with Gasteiger partial charge in [0.25, 0.3) is 0 Å². The quantitative estimate of drug-likeness (QED) is 0.422. The van der Waals surface area contributed by atoms with E-state index < -0.39 is 0 Å². The molecule has 0 fully saturated rings. The fraction of sp³-hybridized carbons (Fsp3) is 0.0870. The normalized spacial score (nSPS) is 10.7. The topological polar surface area (TPSA) is 64.1 Å². The van der Waals surface area contributed by atoms with E-state index in [-0.39, 0.29) is 5.97 Å². The number of esters is 1. The number of nitrogens with one attached hydrogen (secondary N) is 1. The molecule has 0 unspecified atom stereocenters. The molecule has 6 heteroatoms. The van der Waals surface area contributed by atoms with Crippen molar-refractivity contribution in [2.75, 3.05) is 11.9 Å². The van der Waals surface area contributed by atoms with Gasteiger partial charge in [-0.3, -0.25) is 0 Å². The van der Waals surface area contributed by atoms with Gasteiger partial charge < -0.3 is 10.1 Å². The molecule has 0 aliphatic heterocycles. The van der Waals surface area contributed by atoms with E-state index in [9.17, 15) is 4.79 Å². The first-order valence-electron chi connectivity index (χ1n) is 9.21. The number of anilines is 2. The summed E-state index contributed by atoms with van der Waals surface area (Å²) in [4.78, 5) is 21.2. The van der Waals surface area contributed by atoms with Crippen molar-refractivity contribution in [2.45, 2.75) is 6.92 Å². The van der Waals surface area contributed by atoms with E-state index in [1.54, 1.807) is 19.1 Å². The minimum absolute atomic E-state index is 0.337. The summed E-state index contributed by atoms with van der Waals surface area (Å²) in [6.07, 6.45) is 0. The highest BCUT2D eigenvalue weighted by atomic mass is 35.5. The van der Waals surface area contributed by atoms with Gasteiger partial charge in [-0.1, -0.05) is 23.7 Å². The lowest BCUT2D eigenvalue weighted by Gasteiger charge is -2.11. The summed E-state index contributed by atoms with van der Waals surface area (Å²) in [7, 11) is 0. The molecule has 0 saturated carbocycles. The van der Waals surface area contributed by atoms with Crippen LogP contribution in [0.5, 0.6) is 0 Å². The number of hydrogen-bond donors (Lipinski definition) is 1. The van der Waals surface area contributed by atoms with E-state index in [0.29, 0.717) is 28.8 Å². The number of ether oxygens (including phenoxy) is 1. The molecule has 4 aromatic rings. The van der Waals surface area contributed by atoms with Gasteiger partial charge in [0, 0.05) is 21.7 Å². The zero-order valence-corrected chi connectivity index (χ0v) is 16.5. The molecule has 29 heavy (non-hydrogen) atoms. The number of carbonyl (C=O) groups is 1. The number of nitrogens with zero attached hydrogens (tertiary/aromatic N) is 2. The molecule has 0 bridgehead atoms. The molecule has 1 heterocycles. The van der Waals surface area contributed by atoms with Crippen LogP contribution in [-0.2, 0) is 4.74 Å². The minimum Gasteiger partial charge on any atom is -0.462 e. The first kappa shape index (κ1) is 18.9. The standard InChI is InChI=1S/C23H18ClN3O2/c1-2-29-23(28)16-9-13-18(14-10-16)25-22-19-5-3-4-6-20(19)26-21(27-22)15-7-11-17(24)12-8-15/h3-14H,2H2,1H3,(H,25,26,27). The predicted molar refractivity (Wildman–Crippen MR) is 116 cm³/mol. The molecule has 0 spiro atoms. The number of rotatable bonds is 5. The lowest BCUT2D eigenvalue weighted by atomic mass is 10.1. The summed E-state index contributed by atoms with van der Waals surface area (Å²) in [6, 6.07) is 22.3. The van der Waals surface area contributed by atoms with Crippen LogP contribution in [0, 0.1) is 0 Å². The highest BCUT2D eigenvalue weighted by Gasteiger charge is 2.11. The van der Waals surface area contributed by atoms with Crippen molar-refractivity contribution in [1.29, 1.82) is 0 Å². The Hall–Kier alpha value is -3.44. The van der Waals surface area contributed by atoms with Crippen molar-refractivity contribution < 1.29 is 9.53 Å². The van der Waals surface area contributed by atoms with E-state index in [4.69, 9.17) is 21.3 Å². The van der Waals surface area contributed by atoms with Crippen molar-refractivity contribution >= 4 is 40.0 Å². The van der Waals surface area contributed by atoms with Gasteiger partial charge in [0.2, 0.25) is 0 Å². The molecule has 0 atom stereocenters. The maximum atomic E-state index is 11.8. The Bertz CT molecular complexity index is 1160. The SMILES string of the molecule is CCOC(=O)c1ccc(Nc2nc(-c3ccc(Cl)cc3)nc3ccccc23)cc1. The second kappa shape index (κ2) is 8.29. The van der Waals surface area contributed by atoms with Gasteiger partial charge in [-0.15, -0.1) is 0 Å². The zero-order chi connectivity index (χ0) is 20.2. The third-order valence-corrected chi connectivity index (χ3v) is 4.62. The Kier molecular flexibility index (Phi) is 5.40. The van der Waals surface area contributed by atoms with Crippen LogP contribution >= 0.6 is 11.6 Å². The van der Waals surface area contributed by atoms with Crippen LogP contribution in [0.25, 0.3) is 22.3 Å². The van der Waals surface area contributed by atoms with Gasteiger partial charge in [-0.05, 0) is 67.6 Å². The number of carbonyl (C=O) groups excluding carboxylic acids is 1. The van der Waals surface area contributed by atoms with Gasteiger partial charge in [0.15, 0.2) is 5.82 Å². The second-order valence-electron chi connectivity index (χ2n) is 6.34. The summed E-state index contributed by atoms with van der Waals surface area (Å²) in [5.74, 6) is 0.951. The molecule has 0 amide bonds. The molecule has 0 saturated heterocycles. The smallest absolute Gasteiger partial charge is 0.338 e. The van der Waals surface area contributed by atoms with E-state index in [2.05, 4.69) is 10.3 Å². The van der Waals surface area contributed by atoms with Crippen LogP contribution in [0.4, 0.5) is 11.5 Å². The molecule has 144 valence electrons. The van der Waals surface area contributed by atoms with Crippen molar-refractivity contribution in [3.05, 3.63) is 83.4 Å². The van der Waals surface area contributed by atoms with Crippen molar-refractivity contribution in [3.63, 3.8) is 0 Å². The van der Waals surface area contributed by atoms with Crippen LogP contribution in [0.2, 0.25) is 5.02 Å². The van der Waals surface area contributed by atoms with Crippen LogP contribution < -0.4 is 5.32 Å². The van der Waals surface area contributed by atoms with E-state index in [1.807, 2.05) is 60.7 Å². The molecular formula is C23H18ClN3O2. The largest absolute Gasteiger partial charge is 0.462 e. The molecule has 0 aliphatic rings. The summed E-state index contributed by atoms with van der Waals surface area (Å²) in [5, 5.41) is 4.90. The van der Waals surface area contributed by atoms with Crippen molar-refractivity contribution in [3.8, 4) is 11.4 Å². The summed E-state index contributed by atoms with van der Waals surface area (Å²) in [6.45, 7) is 2.13. The molecule has 3 aromatic carbocycles. The Labute approximate surface area is 173 Å². The molecule has 0 aliphatic carbocycles. The van der Waals surface area contributed by atoms with E-state index in [0.717, 1.165) is 22.2 Å². The van der Waals surface area contributed by atoms with Gasteiger partial charge in [-0.2, -0.15) is 0 Å². The van der Waals surface area contributed by atoms with Crippen LogP contribution in [0.3, 0.4) is 0 Å². The van der Waals surface area contributed by atoms with Gasteiger partial charge in [0.05, 0.1) is 17.7 Å². The zero-order valence-electron chi connectivity index (χ0n) is 15.7. The summed E-state index contributed by atoms with van der Waals surface area (Å²) < 4.78 is 5.03.